The minimum absolute atomic E-state index is 0.323. The highest BCUT2D eigenvalue weighted by Crippen LogP contribution is 2.05. The van der Waals surface area contributed by atoms with E-state index in [1.165, 1.54) is 13.4 Å². The maximum absolute atomic E-state index is 11.3. The molecule has 0 aliphatic heterocycles. The molecule has 1 aromatic carbocycles. The molecule has 2 aromatic rings. The van der Waals surface area contributed by atoms with E-state index in [4.69, 9.17) is 4.52 Å². The predicted octanol–water partition coefficient (Wildman–Crippen LogP) is 1.19. The quantitative estimate of drug-likeness (QED) is 0.621. The van der Waals surface area contributed by atoms with Gasteiger partial charge < -0.3 is 14.6 Å². The number of benzene rings is 1. The molecule has 0 spiro atoms. The third kappa shape index (κ3) is 3.89. The Kier molecular flexibility index (Phi) is 4.63. The van der Waals surface area contributed by atoms with Crippen LogP contribution in [0.3, 0.4) is 0 Å². The lowest BCUT2D eigenvalue weighted by Crippen LogP contribution is -2.16. The van der Waals surface area contributed by atoms with E-state index < -0.39 is 0 Å². The second kappa shape index (κ2) is 6.65. The molecule has 100 valence electrons. The third-order valence-corrected chi connectivity index (χ3v) is 2.63. The Labute approximate surface area is 110 Å². The minimum Gasteiger partial charge on any atom is -0.465 e. The Morgan fingerprint density at radius 1 is 1.37 bits per heavy atom. The molecule has 0 fully saturated rings. The molecular formula is C13H15N3O3. The average molecular weight is 261 g/mol. The van der Waals surface area contributed by atoms with Gasteiger partial charge in [-0.25, -0.2) is 4.79 Å². The van der Waals surface area contributed by atoms with Crippen LogP contribution in [0.1, 0.15) is 21.8 Å². The lowest BCUT2D eigenvalue weighted by molar-refractivity contribution is 0.0600. The zero-order valence-corrected chi connectivity index (χ0v) is 10.6. The average Bonchev–Trinajstić information content (AvgIpc) is 2.96. The fourth-order valence-corrected chi connectivity index (χ4v) is 1.61. The maximum atomic E-state index is 11.3. The van der Waals surface area contributed by atoms with Gasteiger partial charge in [-0.2, -0.15) is 4.98 Å². The molecule has 1 heterocycles. The molecule has 0 saturated carbocycles. The molecule has 6 nitrogen and oxygen atoms in total. The van der Waals surface area contributed by atoms with Crippen LogP contribution in [0.25, 0.3) is 0 Å². The molecule has 0 unspecified atom stereocenters. The van der Waals surface area contributed by atoms with Crippen molar-refractivity contribution < 1.29 is 14.1 Å². The Morgan fingerprint density at radius 3 is 2.79 bits per heavy atom. The number of ether oxygens (including phenoxy) is 1. The van der Waals surface area contributed by atoms with Gasteiger partial charge in [0.1, 0.15) is 0 Å². The van der Waals surface area contributed by atoms with Crippen molar-refractivity contribution in [2.75, 3.05) is 13.7 Å². The Balaban J connectivity index is 1.75. The summed E-state index contributed by atoms with van der Waals surface area (Å²) in [6.45, 7) is 1.47. The van der Waals surface area contributed by atoms with Crippen molar-refractivity contribution in [3.05, 3.63) is 47.6 Å². The number of carbonyl (C=O) groups excluding carboxylic acids is 1. The molecule has 1 N–H and O–H groups in total. The van der Waals surface area contributed by atoms with E-state index >= 15 is 0 Å². The normalized spacial score (nSPS) is 10.4. The van der Waals surface area contributed by atoms with Gasteiger partial charge in [-0.3, -0.25) is 0 Å². The number of esters is 1. The topological polar surface area (TPSA) is 77.2 Å². The molecule has 19 heavy (non-hydrogen) atoms. The van der Waals surface area contributed by atoms with E-state index in [2.05, 4.69) is 20.2 Å². The molecule has 6 heteroatoms. The SMILES string of the molecule is COC(=O)c1ccc(CNCCc2ncno2)cc1. The number of nitrogens with zero attached hydrogens (tertiary/aromatic N) is 2. The summed E-state index contributed by atoms with van der Waals surface area (Å²) in [5.41, 5.74) is 1.65. The van der Waals surface area contributed by atoms with Gasteiger partial charge in [0.2, 0.25) is 5.89 Å². The minimum atomic E-state index is -0.323. The van der Waals surface area contributed by atoms with Crippen LogP contribution < -0.4 is 5.32 Å². The predicted molar refractivity (Wildman–Crippen MR) is 67.5 cm³/mol. The summed E-state index contributed by atoms with van der Waals surface area (Å²) in [7, 11) is 1.37. The first-order chi connectivity index (χ1) is 9.29. The van der Waals surface area contributed by atoms with E-state index in [-0.39, 0.29) is 5.97 Å². The van der Waals surface area contributed by atoms with Crippen LogP contribution in [0, 0.1) is 0 Å². The molecule has 0 aliphatic rings. The van der Waals surface area contributed by atoms with Gasteiger partial charge in [0.05, 0.1) is 12.7 Å². The van der Waals surface area contributed by atoms with Crippen molar-refractivity contribution in [3.8, 4) is 0 Å². The summed E-state index contributed by atoms with van der Waals surface area (Å²) in [6, 6.07) is 7.29. The molecule has 0 radical (unpaired) electrons. The Morgan fingerprint density at radius 2 is 2.16 bits per heavy atom. The Hall–Kier alpha value is -2.21. The molecular weight excluding hydrogens is 246 g/mol. The highest BCUT2D eigenvalue weighted by atomic mass is 16.5. The molecule has 0 bridgehead atoms. The summed E-state index contributed by atoms with van der Waals surface area (Å²) >= 11 is 0. The van der Waals surface area contributed by atoms with Gasteiger partial charge in [0.15, 0.2) is 6.33 Å². The fourth-order valence-electron chi connectivity index (χ4n) is 1.61. The number of rotatable bonds is 6. The second-order valence-electron chi connectivity index (χ2n) is 3.95. The van der Waals surface area contributed by atoms with E-state index in [0.717, 1.165) is 18.7 Å². The van der Waals surface area contributed by atoms with Crippen LogP contribution >= 0.6 is 0 Å². The first-order valence-electron chi connectivity index (χ1n) is 5.93. The van der Waals surface area contributed by atoms with Crippen LogP contribution in [0.15, 0.2) is 35.1 Å². The molecule has 2 rings (SSSR count). The number of carbonyl (C=O) groups is 1. The molecule has 0 aliphatic carbocycles. The number of aromatic nitrogens is 2. The first kappa shape index (κ1) is 13.2. The zero-order chi connectivity index (χ0) is 13.5. The first-order valence-corrected chi connectivity index (χ1v) is 5.93. The monoisotopic (exact) mass is 261 g/mol. The van der Waals surface area contributed by atoms with Gasteiger partial charge in [-0.1, -0.05) is 17.3 Å². The third-order valence-electron chi connectivity index (χ3n) is 2.63. The van der Waals surface area contributed by atoms with E-state index in [1.807, 2.05) is 12.1 Å². The van der Waals surface area contributed by atoms with Crippen molar-refractivity contribution in [1.82, 2.24) is 15.5 Å². The van der Waals surface area contributed by atoms with Gasteiger partial charge in [-0.15, -0.1) is 0 Å². The van der Waals surface area contributed by atoms with Crippen LogP contribution in [0.5, 0.6) is 0 Å². The summed E-state index contributed by atoms with van der Waals surface area (Å²) in [4.78, 5) is 15.2. The van der Waals surface area contributed by atoms with Crippen molar-refractivity contribution in [3.63, 3.8) is 0 Å². The lowest BCUT2D eigenvalue weighted by Gasteiger charge is -2.04. The second-order valence-corrected chi connectivity index (χ2v) is 3.95. The Bertz CT molecular complexity index is 508. The highest BCUT2D eigenvalue weighted by Gasteiger charge is 2.04. The number of nitrogens with one attached hydrogen (secondary N) is 1. The number of methoxy groups -OCH3 is 1. The van der Waals surface area contributed by atoms with Gasteiger partial charge in [-0.05, 0) is 17.7 Å². The van der Waals surface area contributed by atoms with E-state index in [0.29, 0.717) is 17.9 Å². The van der Waals surface area contributed by atoms with E-state index in [9.17, 15) is 4.79 Å². The summed E-state index contributed by atoms with van der Waals surface area (Å²) < 4.78 is 9.53. The zero-order valence-electron chi connectivity index (χ0n) is 10.6. The van der Waals surface area contributed by atoms with Crippen LogP contribution in [-0.2, 0) is 17.7 Å². The smallest absolute Gasteiger partial charge is 0.337 e. The molecule has 0 saturated heterocycles. The standard InChI is InChI=1S/C13H15N3O3/c1-18-13(17)11-4-2-10(3-5-11)8-14-7-6-12-15-9-16-19-12/h2-5,9,14H,6-8H2,1H3. The van der Waals surface area contributed by atoms with Crippen LogP contribution in [0.2, 0.25) is 0 Å². The molecule has 1 aromatic heterocycles. The van der Waals surface area contributed by atoms with Gasteiger partial charge in [0, 0.05) is 19.5 Å². The van der Waals surface area contributed by atoms with Crippen molar-refractivity contribution in [2.45, 2.75) is 13.0 Å². The van der Waals surface area contributed by atoms with Gasteiger partial charge in [0.25, 0.3) is 0 Å². The van der Waals surface area contributed by atoms with Crippen LogP contribution in [-0.4, -0.2) is 29.8 Å². The number of hydrogen-bond acceptors (Lipinski definition) is 6. The van der Waals surface area contributed by atoms with Crippen molar-refractivity contribution >= 4 is 5.97 Å². The summed E-state index contributed by atoms with van der Waals surface area (Å²) in [5, 5.41) is 6.79. The molecule has 0 amide bonds. The summed E-state index contributed by atoms with van der Waals surface area (Å²) in [6.07, 6.45) is 2.08. The van der Waals surface area contributed by atoms with Gasteiger partial charge >= 0.3 is 5.97 Å². The maximum Gasteiger partial charge on any atom is 0.337 e. The largest absolute Gasteiger partial charge is 0.465 e. The fraction of sp³-hybridized carbons (Fsp3) is 0.308. The van der Waals surface area contributed by atoms with Crippen LogP contribution in [0.4, 0.5) is 0 Å². The lowest BCUT2D eigenvalue weighted by atomic mass is 10.1. The van der Waals surface area contributed by atoms with Crippen molar-refractivity contribution in [1.29, 1.82) is 0 Å². The molecule has 0 atom stereocenters. The summed E-state index contributed by atoms with van der Waals surface area (Å²) in [5.74, 6) is 0.296. The number of hydrogen-bond donors (Lipinski definition) is 1. The van der Waals surface area contributed by atoms with Crippen molar-refractivity contribution in [2.24, 2.45) is 0 Å². The highest BCUT2D eigenvalue weighted by molar-refractivity contribution is 5.89. The van der Waals surface area contributed by atoms with E-state index in [1.54, 1.807) is 12.1 Å².